The minimum Gasteiger partial charge on any atom is -0.328 e. The number of rotatable bonds is 3. The highest BCUT2D eigenvalue weighted by Crippen LogP contribution is 1.94. The molecule has 3 heteroatoms. The number of hydrogen-bond donors (Lipinski definition) is 3. The SMILES string of the molecule is CC(N)CC(N)C(C)N. The van der Waals surface area contributed by atoms with Gasteiger partial charge in [0, 0.05) is 18.1 Å². The largest absolute Gasteiger partial charge is 0.328 e. The Morgan fingerprint density at radius 2 is 1.56 bits per heavy atom. The molecule has 0 saturated carbocycles. The van der Waals surface area contributed by atoms with Gasteiger partial charge in [0.25, 0.3) is 0 Å². The van der Waals surface area contributed by atoms with E-state index in [1.807, 2.05) is 13.8 Å². The summed E-state index contributed by atoms with van der Waals surface area (Å²) >= 11 is 0. The number of hydrogen-bond acceptors (Lipinski definition) is 3. The van der Waals surface area contributed by atoms with Crippen molar-refractivity contribution in [1.29, 1.82) is 0 Å². The molecule has 3 atom stereocenters. The Morgan fingerprint density at radius 3 is 1.67 bits per heavy atom. The van der Waals surface area contributed by atoms with Crippen LogP contribution >= 0.6 is 0 Å². The zero-order valence-electron chi connectivity index (χ0n) is 6.17. The van der Waals surface area contributed by atoms with Gasteiger partial charge in [-0.2, -0.15) is 0 Å². The van der Waals surface area contributed by atoms with Crippen LogP contribution in [-0.4, -0.2) is 18.1 Å². The summed E-state index contributed by atoms with van der Waals surface area (Å²) in [6.07, 6.45) is 0.803. The second-order valence-corrected chi connectivity index (χ2v) is 2.74. The van der Waals surface area contributed by atoms with Crippen LogP contribution in [-0.2, 0) is 0 Å². The fraction of sp³-hybridized carbons (Fsp3) is 1.00. The molecule has 0 heterocycles. The molecule has 0 radical (unpaired) electrons. The summed E-state index contributed by atoms with van der Waals surface area (Å²) in [5.74, 6) is 0. The molecule has 0 aromatic rings. The Labute approximate surface area is 56.6 Å². The monoisotopic (exact) mass is 131 g/mol. The van der Waals surface area contributed by atoms with Gasteiger partial charge in [-0.1, -0.05) is 0 Å². The summed E-state index contributed by atoms with van der Waals surface area (Å²) in [6.45, 7) is 3.83. The van der Waals surface area contributed by atoms with Gasteiger partial charge in [-0.25, -0.2) is 0 Å². The van der Waals surface area contributed by atoms with Crippen LogP contribution in [0.4, 0.5) is 0 Å². The molecule has 0 aromatic heterocycles. The number of nitrogens with two attached hydrogens (primary N) is 3. The Morgan fingerprint density at radius 1 is 1.11 bits per heavy atom. The van der Waals surface area contributed by atoms with E-state index >= 15 is 0 Å². The minimum absolute atomic E-state index is 0.0463. The topological polar surface area (TPSA) is 78.1 Å². The van der Waals surface area contributed by atoms with Gasteiger partial charge in [0.05, 0.1) is 0 Å². The molecule has 3 nitrogen and oxygen atoms in total. The van der Waals surface area contributed by atoms with Gasteiger partial charge in [-0.15, -0.1) is 0 Å². The predicted molar refractivity (Wildman–Crippen MR) is 39.9 cm³/mol. The fourth-order valence-corrected chi connectivity index (χ4v) is 0.644. The summed E-state index contributed by atoms with van der Waals surface area (Å²) in [5, 5.41) is 0. The molecule has 0 aliphatic rings. The highest BCUT2D eigenvalue weighted by atomic mass is 14.8. The van der Waals surface area contributed by atoms with Crippen LogP contribution in [0.15, 0.2) is 0 Å². The predicted octanol–water partition coefficient (Wildman–Crippen LogP) is -0.602. The molecule has 0 amide bonds. The van der Waals surface area contributed by atoms with Gasteiger partial charge in [0.1, 0.15) is 0 Å². The molecule has 56 valence electrons. The van der Waals surface area contributed by atoms with Crippen LogP contribution in [0.3, 0.4) is 0 Å². The lowest BCUT2D eigenvalue weighted by Crippen LogP contribution is -2.42. The first-order valence-corrected chi connectivity index (χ1v) is 3.30. The quantitative estimate of drug-likeness (QED) is 0.478. The normalized spacial score (nSPS) is 21.0. The minimum atomic E-state index is 0.0463. The van der Waals surface area contributed by atoms with E-state index in [1.165, 1.54) is 0 Å². The van der Waals surface area contributed by atoms with Crippen LogP contribution < -0.4 is 17.2 Å². The maximum Gasteiger partial charge on any atom is 0.0204 e. The third-order valence-corrected chi connectivity index (χ3v) is 1.32. The summed E-state index contributed by atoms with van der Waals surface area (Å²) in [4.78, 5) is 0. The second kappa shape index (κ2) is 3.82. The maximum atomic E-state index is 5.61. The first-order chi connectivity index (χ1) is 4.04. The van der Waals surface area contributed by atoms with Crippen LogP contribution in [0.25, 0.3) is 0 Å². The van der Waals surface area contributed by atoms with Crippen molar-refractivity contribution in [2.75, 3.05) is 0 Å². The Bertz CT molecular complexity index is 70.7. The Balaban J connectivity index is 3.38. The highest BCUT2D eigenvalue weighted by Gasteiger charge is 2.08. The first-order valence-electron chi connectivity index (χ1n) is 3.30. The van der Waals surface area contributed by atoms with Crippen molar-refractivity contribution >= 4 is 0 Å². The highest BCUT2D eigenvalue weighted by molar-refractivity contribution is 4.74. The van der Waals surface area contributed by atoms with Gasteiger partial charge in [-0.05, 0) is 20.3 Å². The maximum absolute atomic E-state index is 5.61. The molecule has 0 aliphatic carbocycles. The van der Waals surface area contributed by atoms with Gasteiger partial charge in [-0.3, -0.25) is 0 Å². The van der Waals surface area contributed by atoms with Crippen LogP contribution in [0, 0.1) is 0 Å². The van der Waals surface area contributed by atoms with Crippen LogP contribution in [0.2, 0.25) is 0 Å². The van der Waals surface area contributed by atoms with Crippen molar-refractivity contribution in [3.63, 3.8) is 0 Å². The van der Waals surface area contributed by atoms with E-state index in [-0.39, 0.29) is 18.1 Å². The standard InChI is InChI=1S/C6H17N3/c1-4(7)3-6(9)5(2)8/h4-6H,3,7-9H2,1-2H3. The van der Waals surface area contributed by atoms with E-state index in [2.05, 4.69) is 0 Å². The van der Waals surface area contributed by atoms with Crippen molar-refractivity contribution in [2.24, 2.45) is 17.2 Å². The van der Waals surface area contributed by atoms with Gasteiger partial charge in [0.2, 0.25) is 0 Å². The van der Waals surface area contributed by atoms with Gasteiger partial charge >= 0.3 is 0 Å². The third kappa shape index (κ3) is 4.39. The first kappa shape index (κ1) is 8.88. The lowest BCUT2D eigenvalue weighted by Gasteiger charge is -2.16. The van der Waals surface area contributed by atoms with E-state index < -0.39 is 0 Å². The lowest BCUT2D eigenvalue weighted by atomic mass is 10.0. The van der Waals surface area contributed by atoms with Crippen LogP contribution in [0.5, 0.6) is 0 Å². The molecule has 0 spiro atoms. The van der Waals surface area contributed by atoms with Gasteiger partial charge in [0.15, 0.2) is 0 Å². The third-order valence-electron chi connectivity index (χ3n) is 1.32. The van der Waals surface area contributed by atoms with E-state index in [1.54, 1.807) is 0 Å². The fourth-order valence-electron chi connectivity index (χ4n) is 0.644. The molecule has 0 bridgehead atoms. The van der Waals surface area contributed by atoms with Crippen molar-refractivity contribution < 1.29 is 0 Å². The zero-order chi connectivity index (χ0) is 7.44. The molecule has 0 rings (SSSR count). The summed E-state index contributed by atoms with van der Waals surface area (Å²) in [7, 11) is 0. The summed E-state index contributed by atoms with van der Waals surface area (Å²) in [5.41, 5.74) is 16.6. The van der Waals surface area contributed by atoms with E-state index in [4.69, 9.17) is 17.2 Å². The van der Waals surface area contributed by atoms with E-state index in [9.17, 15) is 0 Å². The smallest absolute Gasteiger partial charge is 0.0204 e. The average Bonchev–Trinajstić information content (AvgIpc) is 1.63. The van der Waals surface area contributed by atoms with E-state index in [0.29, 0.717) is 0 Å². The van der Waals surface area contributed by atoms with Crippen molar-refractivity contribution in [3.05, 3.63) is 0 Å². The Kier molecular flexibility index (Phi) is 3.77. The zero-order valence-corrected chi connectivity index (χ0v) is 6.17. The summed E-state index contributed by atoms with van der Waals surface area (Å²) < 4.78 is 0. The van der Waals surface area contributed by atoms with Crippen molar-refractivity contribution in [3.8, 4) is 0 Å². The molecular formula is C6H17N3. The lowest BCUT2D eigenvalue weighted by molar-refractivity contribution is 0.484. The molecule has 6 N–H and O–H groups in total. The molecular weight excluding hydrogens is 114 g/mol. The van der Waals surface area contributed by atoms with Crippen molar-refractivity contribution in [1.82, 2.24) is 0 Å². The molecule has 3 unspecified atom stereocenters. The average molecular weight is 131 g/mol. The second-order valence-electron chi connectivity index (χ2n) is 2.74. The molecule has 0 saturated heterocycles. The van der Waals surface area contributed by atoms with Crippen molar-refractivity contribution in [2.45, 2.75) is 38.4 Å². The molecule has 0 aliphatic heterocycles. The Hall–Kier alpha value is -0.120. The summed E-state index contributed by atoms with van der Waals surface area (Å²) in [6, 6.07) is 0.256. The van der Waals surface area contributed by atoms with Crippen LogP contribution in [0.1, 0.15) is 20.3 Å². The molecule has 9 heavy (non-hydrogen) atoms. The molecule has 0 fully saturated rings. The van der Waals surface area contributed by atoms with Gasteiger partial charge < -0.3 is 17.2 Å². The molecule has 0 aromatic carbocycles. The van der Waals surface area contributed by atoms with E-state index in [0.717, 1.165) is 6.42 Å².